The molecule has 0 spiro atoms. The van der Waals surface area contributed by atoms with E-state index < -0.39 is 22.5 Å². The fraction of sp³-hybridized carbons (Fsp3) is 0.500. The van der Waals surface area contributed by atoms with E-state index in [9.17, 15) is 18.3 Å². The van der Waals surface area contributed by atoms with Crippen LogP contribution >= 0.6 is 11.6 Å². The number of hydrogen-bond donors (Lipinski definition) is 2. The number of amides is 1. The maximum Gasteiger partial charge on any atom is 0.255 e. The summed E-state index contributed by atoms with van der Waals surface area (Å²) in [7, 11) is -3.86. The van der Waals surface area contributed by atoms with E-state index in [-0.39, 0.29) is 40.7 Å². The van der Waals surface area contributed by atoms with Crippen molar-refractivity contribution < 1.29 is 23.1 Å². The number of ether oxygens (including phenoxy) is 1. The van der Waals surface area contributed by atoms with Crippen LogP contribution in [0.5, 0.6) is 5.75 Å². The number of nitrogens with two attached hydrogens (primary N) is 1. The van der Waals surface area contributed by atoms with Gasteiger partial charge in [-0.25, -0.2) is 8.42 Å². The Bertz CT molecular complexity index is 694. The highest BCUT2D eigenvalue weighted by Crippen LogP contribution is 2.34. The number of halogens is 1. The van der Waals surface area contributed by atoms with Crippen LogP contribution in [-0.2, 0) is 14.8 Å². The van der Waals surface area contributed by atoms with E-state index in [2.05, 4.69) is 0 Å². The molecule has 1 aliphatic rings. The quantitative estimate of drug-likeness (QED) is 0.763. The van der Waals surface area contributed by atoms with Gasteiger partial charge in [0, 0.05) is 24.7 Å². The minimum atomic E-state index is -3.86. The molecule has 3 N–H and O–H groups in total. The highest BCUT2D eigenvalue weighted by molar-refractivity contribution is 7.89. The molecule has 128 valence electrons. The normalized spacial score (nSPS) is 22.2. The van der Waals surface area contributed by atoms with Crippen LogP contribution in [0.25, 0.3) is 0 Å². The van der Waals surface area contributed by atoms with Gasteiger partial charge in [-0.1, -0.05) is 18.5 Å². The second-order valence-electron chi connectivity index (χ2n) is 5.59. The molecule has 0 bridgehead atoms. The molecule has 2 atom stereocenters. The fourth-order valence-corrected chi connectivity index (χ4v) is 4.50. The Labute approximate surface area is 140 Å². The Hall–Kier alpha value is -1.35. The molecule has 0 aromatic heterocycles. The molecular formula is C14H19ClN2O5S. The third-order valence-electron chi connectivity index (χ3n) is 3.86. The van der Waals surface area contributed by atoms with Crippen molar-refractivity contribution in [2.45, 2.75) is 11.8 Å². The van der Waals surface area contributed by atoms with E-state index in [0.29, 0.717) is 6.54 Å². The first-order chi connectivity index (χ1) is 10.8. The first kappa shape index (κ1) is 18.0. The summed E-state index contributed by atoms with van der Waals surface area (Å²) in [6, 6.07) is 4.14. The first-order valence-corrected chi connectivity index (χ1v) is 8.89. The molecular weight excluding hydrogens is 344 g/mol. The Morgan fingerprint density at radius 1 is 1.48 bits per heavy atom. The maximum absolute atomic E-state index is 12.8. The Balaban J connectivity index is 2.35. The summed E-state index contributed by atoms with van der Waals surface area (Å²) in [5.74, 6) is -0.755. The van der Waals surface area contributed by atoms with Crippen molar-refractivity contribution in [1.29, 1.82) is 0 Å². The number of aliphatic hydroxyl groups is 1. The van der Waals surface area contributed by atoms with Crippen molar-refractivity contribution in [3.05, 3.63) is 23.2 Å². The van der Waals surface area contributed by atoms with Crippen molar-refractivity contribution in [3.63, 3.8) is 0 Å². The van der Waals surface area contributed by atoms with Crippen molar-refractivity contribution in [2.24, 2.45) is 17.6 Å². The van der Waals surface area contributed by atoms with Gasteiger partial charge < -0.3 is 15.6 Å². The molecule has 1 amide bonds. The number of benzene rings is 1. The SMILES string of the molecule is C[C@@H]1CN(S(=O)(=O)c2cc(Cl)ccc2OCC(N)=O)C[C@H]1CO. The van der Waals surface area contributed by atoms with E-state index in [1.54, 1.807) is 0 Å². The number of sulfonamides is 1. The van der Waals surface area contributed by atoms with E-state index in [1.165, 1.54) is 22.5 Å². The van der Waals surface area contributed by atoms with Crippen LogP contribution in [0.3, 0.4) is 0 Å². The Morgan fingerprint density at radius 3 is 2.74 bits per heavy atom. The lowest BCUT2D eigenvalue weighted by Crippen LogP contribution is -2.30. The number of aliphatic hydroxyl groups excluding tert-OH is 1. The Kier molecular flexibility index (Phi) is 5.51. The lowest BCUT2D eigenvalue weighted by Gasteiger charge is -2.19. The molecule has 23 heavy (non-hydrogen) atoms. The predicted octanol–water partition coefficient (Wildman–Crippen LogP) is 0.453. The maximum atomic E-state index is 12.8. The molecule has 0 unspecified atom stereocenters. The number of nitrogens with zero attached hydrogens (tertiary/aromatic N) is 1. The molecule has 0 radical (unpaired) electrons. The van der Waals surface area contributed by atoms with Crippen molar-refractivity contribution in [2.75, 3.05) is 26.3 Å². The molecule has 1 aliphatic heterocycles. The smallest absolute Gasteiger partial charge is 0.255 e. The van der Waals surface area contributed by atoms with E-state index in [1.807, 2.05) is 6.92 Å². The zero-order valence-corrected chi connectivity index (χ0v) is 14.2. The molecule has 1 heterocycles. The van der Waals surface area contributed by atoms with Gasteiger partial charge in [-0.15, -0.1) is 0 Å². The van der Waals surface area contributed by atoms with E-state index >= 15 is 0 Å². The van der Waals surface area contributed by atoms with Crippen LogP contribution in [0.1, 0.15) is 6.92 Å². The van der Waals surface area contributed by atoms with Crippen LogP contribution in [0.2, 0.25) is 5.02 Å². The molecule has 1 saturated heterocycles. The van der Waals surface area contributed by atoms with Gasteiger partial charge in [0.2, 0.25) is 10.0 Å². The standard InChI is InChI=1S/C14H19ClN2O5S/c1-9-5-17(6-10(9)7-18)23(20,21)13-4-11(15)2-3-12(13)22-8-14(16)19/h2-4,9-10,18H,5-8H2,1H3,(H2,16,19)/t9-,10+/m1/s1. The highest BCUT2D eigenvalue weighted by atomic mass is 35.5. The van der Waals surface area contributed by atoms with Gasteiger partial charge in [-0.05, 0) is 30.0 Å². The summed E-state index contributed by atoms with van der Waals surface area (Å²) in [6.07, 6.45) is 0. The number of carbonyl (C=O) groups excluding carboxylic acids is 1. The van der Waals surface area contributed by atoms with Gasteiger partial charge >= 0.3 is 0 Å². The summed E-state index contributed by atoms with van der Waals surface area (Å²) in [6.45, 7) is 1.91. The minimum Gasteiger partial charge on any atom is -0.482 e. The van der Waals surface area contributed by atoms with E-state index in [0.717, 1.165) is 0 Å². The second kappa shape index (κ2) is 7.04. The molecule has 0 saturated carbocycles. The monoisotopic (exact) mass is 362 g/mol. The molecule has 9 heteroatoms. The first-order valence-electron chi connectivity index (χ1n) is 7.07. The zero-order chi connectivity index (χ0) is 17.2. The van der Waals surface area contributed by atoms with E-state index in [4.69, 9.17) is 22.1 Å². The number of hydrogen-bond acceptors (Lipinski definition) is 5. The third-order valence-corrected chi connectivity index (χ3v) is 5.95. The molecule has 7 nitrogen and oxygen atoms in total. The van der Waals surface area contributed by atoms with Gasteiger partial charge in [0.1, 0.15) is 10.6 Å². The van der Waals surface area contributed by atoms with Crippen LogP contribution in [0.15, 0.2) is 23.1 Å². The average Bonchev–Trinajstić information content (AvgIpc) is 2.87. The van der Waals surface area contributed by atoms with Crippen LogP contribution in [-0.4, -0.2) is 50.0 Å². The third kappa shape index (κ3) is 3.95. The number of rotatable bonds is 6. The van der Waals surface area contributed by atoms with Gasteiger partial charge in [-0.2, -0.15) is 4.31 Å². The summed E-state index contributed by atoms with van der Waals surface area (Å²) in [5.41, 5.74) is 5.03. The van der Waals surface area contributed by atoms with Crippen molar-refractivity contribution in [3.8, 4) is 5.75 Å². The lowest BCUT2D eigenvalue weighted by atomic mass is 10.00. The van der Waals surface area contributed by atoms with Gasteiger partial charge in [0.25, 0.3) is 5.91 Å². The zero-order valence-electron chi connectivity index (χ0n) is 12.6. The molecule has 1 aromatic rings. The molecule has 0 aliphatic carbocycles. The van der Waals surface area contributed by atoms with Gasteiger partial charge in [0.15, 0.2) is 6.61 Å². The van der Waals surface area contributed by atoms with Gasteiger partial charge in [0.05, 0.1) is 0 Å². The average molecular weight is 363 g/mol. The summed E-state index contributed by atoms with van der Waals surface area (Å²) >= 11 is 5.91. The molecule has 1 aromatic carbocycles. The van der Waals surface area contributed by atoms with Crippen LogP contribution < -0.4 is 10.5 Å². The lowest BCUT2D eigenvalue weighted by molar-refractivity contribution is -0.120. The van der Waals surface area contributed by atoms with Gasteiger partial charge in [-0.3, -0.25) is 4.79 Å². The summed E-state index contributed by atoms with van der Waals surface area (Å²) in [5, 5.41) is 9.55. The van der Waals surface area contributed by atoms with Crippen LogP contribution in [0.4, 0.5) is 0 Å². The summed E-state index contributed by atoms with van der Waals surface area (Å²) < 4.78 is 32.2. The fourth-order valence-electron chi connectivity index (χ4n) is 2.51. The minimum absolute atomic E-state index is 0.0216. The largest absolute Gasteiger partial charge is 0.482 e. The number of primary amides is 1. The predicted molar refractivity (Wildman–Crippen MR) is 84.6 cm³/mol. The summed E-state index contributed by atoms with van der Waals surface area (Å²) in [4.78, 5) is 10.8. The molecule has 1 fully saturated rings. The Morgan fingerprint density at radius 2 is 2.17 bits per heavy atom. The highest BCUT2D eigenvalue weighted by Gasteiger charge is 2.38. The van der Waals surface area contributed by atoms with Crippen LogP contribution in [0, 0.1) is 11.8 Å². The van der Waals surface area contributed by atoms with Crippen molar-refractivity contribution >= 4 is 27.5 Å². The molecule has 2 rings (SSSR count). The van der Waals surface area contributed by atoms with Crippen molar-refractivity contribution in [1.82, 2.24) is 4.31 Å². The second-order valence-corrected chi connectivity index (χ2v) is 7.93. The number of carbonyl (C=O) groups is 1. The topological polar surface area (TPSA) is 110 Å².